The molecule has 3 heteroatoms. The van der Waals surface area contributed by atoms with Crippen molar-refractivity contribution < 1.29 is 15.0 Å². The van der Waals surface area contributed by atoms with Crippen molar-refractivity contribution in [1.29, 1.82) is 0 Å². The van der Waals surface area contributed by atoms with Gasteiger partial charge >= 0.3 is 5.97 Å². The summed E-state index contributed by atoms with van der Waals surface area (Å²) < 4.78 is 0. The summed E-state index contributed by atoms with van der Waals surface area (Å²) >= 11 is 0. The molecule has 0 heterocycles. The van der Waals surface area contributed by atoms with E-state index in [1.807, 2.05) is 6.08 Å². The molecule has 0 spiro atoms. The second-order valence-electron chi connectivity index (χ2n) is 9.51. The van der Waals surface area contributed by atoms with Crippen LogP contribution in [0.15, 0.2) is 35.5 Å². The molecule has 2 N–H and O–H groups in total. The number of hydrogen-bond acceptors (Lipinski definition) is 2. The van der Waals surface area contributed by atoms with Gasteiger partial charge in [0, 0.05) is 17.9 Å². The van der Waals surface area contributed by atoms with Crippen LogP contribution in [0.1, 0.15) is 74.1 Å². The molecule has 0 fully saturated rings. The molecule has 0 aromatic carbocycles. The second-order valence-corrected chi connectivity index (χ2v) is 9.51. The minimum absolute atomic E-state index is 0.0673. The Bertz CT molecular complexity index is 581. The fraction of sp³-hybridized carbons (Fsp3) is 0.682. The lowest BCUT2D eigenvalue weighted by molar-refractivity contribution is -0.132. The molecule has 0 amide bonds. The Balaban J connectivity index is 3.47. The highest BCUT2D eigenvalue weighted by Gasteiger charge is 2.49. The molecule has 0 saturated heterocycles. The SMILES string of the molecule is C=C(CC1=CC(C(C)(C)C)C(O)(CCCC)C(C(C)(C)C)=C1)C(=O)O. The number of aliphatic hydroxyl groups is 1. The van der Waals surface area contributed by atoms with E-state index in [-0.39, 0.29) is 22.3 Å². The minimum Gasteiger partial charge on any atom is -0.478 e. The van der Waals surface area contributed by atoms with Gasteiger partial charge in [-0.25, -0.2) is 4.79 Å². The van der Waals surface area contributed by atoms with E-state index >= 15 is 0 Å². The van der Waals surface area contributed by atoms with Gasteiger partial charge in [0.25, 0.3) is 0 Å². The first-order chi connectivity index (χ1) is 11.2. The summed E-state index contributed by atoms with van der Waals surface area (Å²) in [7, 11) is 0. The normalized spacial score (nSPS) is 24.6. The van der Waals surface area contributed by atoms with Crippen molar-refractivity contribution in [3.05, 3.63) is 35.5 Å². The van der Waals surface area contributed by atoms with Gasteiger partial charge in [-0.15, -0.1) is 0 Å². The van der Waals surface area contributed by atoms with E-state index < -0.39 is 11.6 Å². The van der Waals surface area contributed by atoms with Gasteiger partial charge in [0.2, 0.25) is 0 Å². The van der Waals surface area contributed by atoms with Gasteiger partial charge in [0.05, 0.1) is 5.60 Å². The Morgan fingerprint density at radius 1 is 1.24 bits per heavy atom. The molecule has 0 aromatic heterocycles. The Morgan fingerprint density at radius 2 is 1.80 bits per heavy atom. The first-order valence-corrected chi connectivity index (χ1v) is 9.30. The molecule has 1 aliphatic carbocycles. The molecule has 2 atom stereocenters. The van der Waals surface area contributed by atoms with Gasteiger partial charge < -0.3 is 10.2 Å². The highest BCUT2D eigenvalue weighted by atomic mass is 16.4. The summed E-state index contributed by atoms with van der Waals surface area (Å²) in [5.41, 5.74) is 0.893. The van der Waals surface area contributed by atoms with Crippen LogP contribution in [-0.2, 0) is 4.79 Å². The van der Waals surface area contributed by atoms with Gasteiger partial charge in [-0.3, -0.25) is 0 Å². The van der Waals surface area contributed by atoms with E-state index in [2.05, 4.69) is 61.1 Å². The van der Waals surface area contributed by atoms with Crippen molar-refractivity contribution >= 4 is 5.97 Å². The molecule has 0 aromatic rings. The highest BCUT2D eigenvalue weighted by Crippen LogP contribution is 2.51. The summed E-state index contributed by atoms with van der Waals surface area (Å²) in [5, 5.41) is 21.0. The van der Waals surface area contributed by atoms with E-state index in [0.717, 1.165) is 30.4 Å². The molecule has 3 nitrogen and oxygen atoms in total. The number of rotatable bonds is 6. The number of aliphatic carboxylic acids is 1. The van der Waals surface area contributed by atoms with E-state index in [0.29, 0.717) is 6.42 Å². The fourth-order valence-electron chi connectivity index (χ4n) is 3.88. The van der Waals surface area contributed by atoms with Crippen LogP contribution in [0.5, 0.6) is 0 Å². The van der Waals surface area contributed by atoms with Gasteiger partial charge in [-0.1, -0.05) is 80.0 Å². The molecule has 2 unspecified atom stereocenters. The van der Waals surface area contributed by atoms with Crippen LogP contribution in [0.25, 0.3) is 0 Å². The maximum Gasteiger partial charge on any atom is 0.331 e. The van der Waals surface area contributed by atoms with Crippen LogP contribution in [0.3, 0.4) is 0 Å². The molecular weight excluding hydrogens is 312 g/mol. The molecule has 0 aliphatic heterocycles. The lowest BCUT2D eigenvalue weighted by atomic mass is 9.58. The van der Waals surface area contributed by atoms with Crippen molar-refractivity contribution in [2.45, 2.75) is 79.8 Å². The summed E-state index contributed by atoms with van der Waals surface area (Å²) in [4.78, 5) is 11.2. The predicted molar refractivity (Wildman–Crippen MR) is 104 cm³/mol. The molecule has 0 radical (unpaired) electrons. The average Bonchev–Trinajstić information content (AvgIpc) is 2.44. The van der Waals surface area contributed by atoms with Crippen LogP contribution in [0.2, 0.25) is 0 Å². The molecule has 142 valence electrons. The topological polar surface area (TPSA) is 57.5 Å². The third kappa shape index (κ3) is 5.07. The third-order valence-electron chi connectivity index (χ3n) is 5.06. The zero-order chi connectivity index (χ0) is 19.6. The smallest absolute Gasteiger partial charge is 0.331 e. The Labute approximate surface area is 153 Å². The van der Waals surface area contributed by atoms with E-state index in [1.54, 1.807) is 0 Å². The molecule has 1 rings (SSSR count). The van der Waals surface area contributed by atoms with E-state index in [1.165, 1.54) is 0 Å². The van der Waals surface area contributed by atoms with E-state index in [4.69, 9.17) is 0 Å². The average molecular weight is 349 g/mol. The maximum atomic E-state index is 11.8. The number of carbonyl (C=O) groups is 1. The zero-order valence-corrected chi connectivity index (χ0v) is 17.1. The molecular formula is C22H36O3. The van der Waals surface area contributed by atoms with Crippen LogP contribution in [0.4, 0.5) is 0 Å². The van der Waals surface area contributed by atoms with Crippen molar-refractivity contribution in [2.24, 2.45) is 16.7 Å². The van der Waals surface area contributed by atoms with Gasteiger partial charge in [0.1, 0.15) is 0 Å². The predicted octanol–water partition coefficient (Wildman–Crippen LogP) is 5.51. The second kappa shape index (κ2) is 7.49. The first-order valence-electron chi connectivity index (χ1n) is 9.30. The largest absolute Gasteiger partial charge is 0.478 e. The molecule has 0 saturated carbocycles. The fourth-order valence-corrected chi connectivity index (χ4v) is 3.88. The van der Waals surface area contributed by atoms with Gasteiger partial charge in [-0.2, -0.15) is 0 Å². The quantitative estimate of drug-likeness (QED) is 0.622. The van der Waals surface area contributed by atoms with Crippen molar-refractivity contribution in [3.63, 3.8) is 0 Å². The van der Waals surface area contributed by atoms with Crippen molar-refractivity contribution in [1.82, 2.24) is 0 Å². The third-order valence-corrected chi connectivity index (χ3v) is 5.06. The number of carboxylic acid groups (broad SMARTS) is 1. The van der Waals surface area contributed by atoms with Crippen LogP contribution < -0.4 is 0 Å². The van der Waals surface area contributed by atoms with Crippen molar-refractivity contribution in [3.8, 4) is 0 Å². The summed E-state index contributed by atoms with van der Waals surface area (Å²) in [5.74, 6) is -1.03. The van der Waals surface area contributed by atoms with Gasteiger partial charge in [-0.05, 0) is 28.4 Å². The molecule has 0 bridgehead atoms. The first kappa shape index (κ1) is 21.7. The summed E-state index contributed by atoms with van der Waals surface area (Å²) in [6, 6.07) is 0. The van der Waals surface area contributed by atoms with Crippen LogP contribution in [-0.4, -0.2) is 21.8 Å². The Morgan fingerprint density at radius 3 is 2.20 bits per heavy atom. The maximum absolute atomic E-state index is 11.8. The summed E-state index contributed by atoms with van der Waals surface area (Å²) in [6.07, 6.45) is 7.12. The number of carboxylic acids is 1. The Hall–Kier alpha value is -1.35. The number of unbranched alkanes of at least 4 members (excludes halogenated alkanes) is 1. The monoisotopic (exact) mass is 348 g/mol. The lowest BCUT2D eigenvalue weighted by Crippen LogP contribution is -2.49. The van der Waals surface area contributed by atoms with E-state index in [9.17, 15) is 15.0 Å². The molecule has 1 aliphatic rings. The lowest BCUT2D eigenvalue weighted by Gasteiger charge is -2.50. The van der Waals surface area contributed by atoms with Crippen molar-refractivity contribution in [2.75, 3.05) is 0 Å². The molecule has 25 heavy (non-hydrogen) atoms. The minimum atomic E-state index is -0.967. The van der Waals surface area contributed by atoms with Crippen LogP contribution in [0, 0.1) is 16.7 Å². The Kier molecular flexibility index (Phi) is 6.50. The van der Waals surface area contributed by atoms with Crippen LogP contribution >= 0.6 is 0 Å². The number of allylic oxidation sites excluding steroid dienone is 2. The van der Waals surface area contributed by atoms with Gasteiger partial charge in [0.15, 0.2) is 0 Å². The highest BCUT2D eigenvalue weighted by molar-refractivity contribution is 5.86. The standard InChI is InChI=1S/C22H36O3/c1-9-10-11-22(25)17(20(3,4)5)13-16(12-15(2)19(23)24)14-18(22)21(6,7)8/h13-14,17,25H,2,9-12H2,1,3-8H3,(H,23,24). The summed E-state index contributed by atoms with van der Waals surface area (Å²) in [6.45, 7) is 18.6. The zero-order valence-electron chi connectivity index (χ0n) is 17.1. The number of hydrogen-bond donors (Lipinski definition) is 2.